The average molecular weight is 886 g/mol. The molecule has 3 aliphatic rings. The number of carboxylic acids is 3. The number of carboxylic acid groups (broad SMARTS) is 3. The maximum Gasteiger partial charge on any atom is 1.00 e. The number of nitrogens with zero attached hydrogens (tertiary/aromatic N) is 7. The molecule has 58 heavy (non-hydrogen) atoms. The Labute approximate surface area is 379 Å². The quantitative estimate of drug-likeness (QED) is 0.0480. The number of nitrogens with two attached hydrogens (primary N) is 1. The smallest absolute Gasteiger partial charge is 0.548 e. The Bertz CT molecular complexity index is 2130. The number of aliphatic carboxylic acids is 3. The minimum atomic E-state index is -4.07. The van der Waals surface area contributed by atoms with Gasteiger partial charge in [-0.1, -0.05) is 23.9 Å². The first-order chi connectivity index (χ1) is 26.3. The molecule has 25 nitrogen and oxygen atoms in total. The summed E-state index contributed by atoms with van der Waals surface area (Å²) in [5.74, 6) is -6.94. The molecule has 30 heteroatoms. The third kappa shape index (κ3) is 10.6. The number of benzene rings is 1. The summed E-state index contributed by atoms with van der Waals surface area (Å²) in [5, 5.41) is 48.8. The van der Waals surface area contributed by atoms with Gasteiger partial charge in [0.2, 0.25) is 21.1 Å². The van der Waals surface area contributed by atoms with Gasteiger partial charge in [-0.25, -0.2) is 36.7 Å². The number of nitrogens with one attached hydrogen (secondary N) is 3. The molecular formula is C28H29N11Na2O14S3. The molecule has 4 heterocycles. The molecule has 0 aliphatic carbocycles. The van der Waals surface area contributed by atoms with Crippen LogP contribution < -0.4 is 91.0 Å². The summed E-state index contributed by atoms with van der Waals surface area (Å²) in [6.45, 7) is -2.08. The number of fused-ring (bicyclic) bond motifs is 1. The van der Waals surface area contributed by atoms with Gasteiger partial charge < -0.3 is 50.9 Å². The number of anilines is 1. The van der Waals surface area contributed by atoms with Gasteiger partial charge in [0.15, 0.2) is 5.54 Å². The molecule has 2 saturated heterocycles. The predicted molar refractivity (Wildman–Crippen MR) is 183 cm³/mol. The fourth-order valence-electron chi connectivity index (χ4n) is 5.35. The number of thioether (sulfide) groups is 2. The van der Waals surface area contributed by atoms with Crippen molar-refractivity contribution in [3.05, 3.63) is 41.6 Å². The Kier molecular flexibility index (Phi) is 16.5. The van der Waals surface area contributed by atoms with E-state index in [9.17, 15) is 57.0 Å². The zero-order valence-corrected chi connectivity index (χ0v) is 37.0. The number of amides is 7. The second kappa shape index (κ2) is 19.8. The Hall–Kier alpha value is -4.00. The molecule has 1 aromatic carbocycles. The molecule has 0 spiro atoms. The van der Waals surface area contributed by atoms with Gasteiger partial charge in [-0.2, -0.15) is 0 Å². The van der Waals surface area contributed by atoms with Crippen LogP contribution in [0.5, 0.6) is 0 Å². The van der Waals surface area contributed by atoms with E-state index in [1.54, 1.807) is 0 Å². The average Bonchev–Trinajstić information content (AvgIpc) is 3.76. The van der Waals surface area contributed by atoms with E-state index in [4.69, 9.17) is 15.6 Å². The van der Waals surface area contributed by atoms with Crippen LogP contribution in [0.15, 0.2) is 41.2 Å². The Morgan fingerprint density at radius 2 is 1.79 bits per heavy atom. The van der Waals surface area contributed by atoms with E-state index in [1.807, 2.05) is 0 Å². The van der Waals surface area contributed by atoms with Crippen LogP contribution in [0.4, 0.5) is 20.1 Å². The zero-order chi connectivity index (χ0) is 41.1. The third-order valence-electron chi connectivity index (χ3n) is 8.10. The number of rotatable bonds is 15. The molecule has 2 aromatic rings. The number of β-lactam (4-membered cyclic amide) rings is 1. The van der Waals surface area contributed by atoms with Crippen molar-refractivity contribution in [1.82, 2.24) is 44.9 Å². The second-order valence-corrected chi connectivity index (χ2v) is 15.9. The van der Waals surface area contributed by atoms with Crippen molar-refractivity contribution in [3.8, 4) is 0 Å². The largest absolute Gasteiger partial charge is 1.00 e. The van der Waals surface area contributed by atoms with E-state index in [2.05, 4.69) is 31.5 Å². The number of hydrogen-bond donors (Lipinski definition) is 5. The number of sulfonamides is 1. The maximum absolute atomic E-state index is 14.0. The standard InChI is InChI=1S/C28H31N11O14S3.2Na/c1-56(51,52)39-7-6-36(27(39)50)24(48)31-18(14-2-4-15(5-3-14)30-26(49)53-10-16(29)20(43)44)19(42)32-28(23(46)47)21(45)37-8-13(11-54-22(28)37)12-55-25-33-34-35-38(25)9-17(40)41;;/h2-5,8,16,18,22H,6-7,9-12,29H2,1H3,(H,30,49)(H,31,48)(H,32,42)(H,40,41)(H,43,44)(H,46,47);;/q;2*+1/p-2/t16-,18-,22+,28-;;/m1../s1. The van der Waals surface area contributed by atoms with Gasteiger partial charge in [-0.3, -0.25) is 19.7 Å². The number of tetrazole rings is 1. The normalized spacial score (nSPS) is 19.5. The summed E-state index contributed by atoms with van der Waals surface area (Å²) in [4.78, 5) is 102. The third-order valence-corrected chi connectivity index (χ3v) is 11.7. The number of imide groups is 1. The molecule has 1 aromatic heterocycles. The minimum Gasteiger partial charge on any atom is -0.548 e. The molecule has 0 unspecified atom stereocenters. The molecule has 0 bridgehead atoms. The van der Waals surface area contributed by atoms with Crippen LogP contribution in [0.1, 0.15) is 11.6 Å². The molecule has 7 amide bonds. The summed E-state index contributed by atoms with van der Waals surface area (Å²) < 4.78 is 30.2. The van der Waals surface area contributed by atoms with Gasteiger partial charge >= 0.3 is 83.2 Å². The molecule has 0 saturated carbocycles. The summed E-state index contributed by atoms with van der Waals surface area (Å²) in [7, 11) is -4.07. The van der Waals surface area contributed by atoms with Crippen molar-refractivity contribution >= 4 is 87.1 Å². The van der Waals surface area contributed by atoms with E-state index in [-0.39, 0.29) is 87.0 Å². The van der Waals surface area contributed by atoms with Gasteiger partial charge in [-0.05, 0) is 33.7 Å². The van der Waals surface area contributed by atoms with Crippen LogP contribution in [0, 0.1) is 0 Å². The number of ether oxygens (including phenoxy) is 1. The number of hydrogen-bond acceptors (Lipinski definition) is 19. The number of carbonyl (C=O) groups excluding carboxylic acids is 7. The Morgan fingerprint density at radius 1 is 1.12 bits per heavy atom. The minimum absolute atomic E-state index is 0. The van der Waals surface area contributed by atoms with Crippen LogP contribution in [0.2, 0.25) is 0 Å². The SMILES string of the molecule is CS(=O)(=O)N1CCN(C(=O)N[C@@H](C(=O)N[C@]2(C(=O)[O-])C(=O)N3C=C(CSc4nnnn4CC(=O)[O-])CS[C@H]32)c2ccc(NC(=O)OC[C@@H](N)C(=O)O)cc2)C1=O.[Na+].[Na+]. The van der Waals surface area contributed by atoms with Gasteiger partial charge in [0.1, 0.15) is 24.1 Å². The molecule has 6 N–H and O–H groups in total. The van der Waals surface area contributed by atoms with E-state index in [1.165, 1.54) is 30.5 Å². The molecule has 300 valence electrons. The molecule has 5 rings (SSSR count). The van der Waals surface area contributed by atoms with Gasteiger partial charge in [-0.15, -0.1) is 16.9 Å². The van der Waals surface area contributed by atoms with E-state index in [0.29, 0.717) is 14.8 Å². The van der Waals surface area contributed by atoms with Crippen LogP contribution in [0.3, 0.4) is 0 Å². The number of carbonyl (C=O) groups is 8. The van der Waals surface area contributed by atoms with E-state index < -0.39 is 107 Å². The summed E-state index contributed by atoms with van der Waals surface area (Å²) >= 11 is 1.98. The molecular weight excluding hydrogens is 857 g/mol. The van der Waals surface area contributed by atoms with Crippen LogP contribution in [-0.2, 0) is 45.3 Å². The molecule has 0 radical (unpaired) electrons. The Morgan fingerprint density at radius 3 is 2.38 bits per heavy atom. The second-order valence-electron chi connectivity index (χ2n) is 12.0. The van der Waals surface area contributed by atoms with Gasteiger partial charge in [0.25, 0.3) is 5.91 Å². The van der Waals surface area contributed by atoms with Crippen molar-refractivity contribution in [3.63, 3.8) is 0 Å². The summed E-state index contributed by atoms with van der Waals surface area (Å²) in [6, 6.07) is -0.996. The maximum atomic E-state index is 14.0. The molecule has 3 aliphatic heterocycles. The van der Waals surface area contributed by atoms with E-state index in [0.717, 1.165) is 39.4 Å². The van der Waals surface area contributed by atoms with Crippen molar-refractivity contribution in [2.24, 2.45) is 5.73 Å². The van der Waals surface area contributed by atoms with Crippen molar-refractivity contribution in [2.45, 2.75) is 34.7 Å². The summed E-state index contributed by atoms with van der Waals surface area (Å²) in [6.07, 6.45) is 1.01. The number of urea groups is 2. The van der Waals surface area contributed by atoms with Crippen LogP contribution >= 0.6 is 23.5 Å². The topological polar surface area (TPSA) is 362 Å². The van der Waals surface area contributed by atoms with Crippen molar-refractivity contribution in [1.29, 1.82) is 0 Å². The predicted octanol–water partition coefficient (Wildman–Crippen LogP) is -11.0. The Balaban J connectivity index is 0.00000450. The zero-order valence-electron chi connectivity index (χ0n) is 30.5. The van der Waals surface area contributed by atoms with Crippen LogP contribution in [0.25, 0.3) is 0 Å². The first-order valence-electron chi connectivity index (χ1n) is 15.7. The number of aromatic nitrogens is 4. The first-order valence-corrected chi connectivity index (χ1v) is 19.6. The first kappa shape index (κ1) is 48.4. The van der Waals surface area contributed by atoms with Gasteiger partial charge in [0, 0.05) is 23.4 Å². The van der Waals surface area contributed by atoms with E-state index >= 15 is 0 Å². The van der Waals surface area contributed by atoms with Crippen molar-refractivity contribution < 1.29 is 126 Å². The monoisotopic (exact) mass is 885 g/mol. The van der Waals surface area contributed by atoms with Crippen LogP contribution in [-0.4, -0.2) is 150 Å². The molecule has 2 fully saturated rings. The van der Waals surface area contributed by atoms with Gasteiger partial charge in [0.05, 0.1) is 37.8 Å². The molecule has 4 atom stereocenters. The fraction of sp³-hybridized carbons (Fsp3) is 0.393. The van der Waals surface area contributed by atoms with Crippen molar-refractivity contribution in [2.75, 3.05) is 42.8 Å². The summed E-state index contributed by atoms with van der Waals surface area (Å²) in [5.41, 5.74) is 3.19. The fourth-order valence-corrected chi connectivity index (χ4v) is 8.48.